The van der Waals surface area contributed by atoms with Crippen LogP contribution < -0.4 is 9.62 Å². The number of rotatable bonds is 6. The Hall–Kier alpha value is -3.20. The summed E-state index contributed by atoms with van der Waals surface area (Å²) in [6.45, 7) is 1.89. The Labute approximate surface area is 180 Å². The SMILES string of the molecule is CCCS(=O)(=O)N1CCCc2cc(NC(=O)CN3C(=O)c4ccccc4C3=O)ccc21. The van der Waals surface area contributed by atoms with E-state index in [0.29, 0.717) is 48.3 Å². The maximum atomic E-state index is 12.5. The van der Waals surface area contributed by atoms with Gasteiger partial charge in [-0.05, 0) is 55.2 Å². The molecule has 1 N–H and O–H groups in total. The molecule has 3 amide bonds. The number of carbonyl (C=O) groups is 3. The lowest BCUT2D eigenvalue weighted by Gasteiger charge is -2.30. The van der Waals surface area contributed by atoms with Crippen LogP contribution >= 0.6 is 0 Å². The van der Waals surface area contributed by atoms with Crippen molar-refractivity contribution in [2.45, 2.75) is 26.2 Å². The molecule has 9 heteroatoms. The van der Waals surface area contributed by atoms with Gasteiger partial charge in [0.2, 0.25) is 15.9 Å². The molecule has 0 bridgehead atoms. The van der Waals surface area contributed by atoms with Crippen molar-refractivity contribution in [2.75, 3.05) is 28.5 Å². The lowest BCUT2D eigenvalue weighted by atomic mass is 10.0. The van der Waals surface area contributed by atoms with Crippen molar-refractivity contribution in [1.82, 2.24) is 4.90 Å². The summed E-state index contributed by atoms with van der Waals surface area (Å²) in [4.78, 5) is 38.3. The van der Waals surface area contributed by atoms with Gasteiger partial charge in [-0.1, -0.05) is 19.1 Å². The molecule has 2 aromatic rings. The summed E-state index contributed by atoms with van der Waals surface area (Å²) in [6.07, 6.45) is 1.94. The number of fused-ring (bicyclic) bond motifs is 2. The molecular weight excluding hydrogens is 418 g/mol. The van der Waals surface area contributed by atoms with Gasteiger partial charge in [-0.25, -0.2) is 8.42 Å². The predicted octanol–water partition coefficient (Wildman–Crippen LogP) is 2.41. The fourth-order valence-electron chi connectivity index (χ4n) is 4.02. The van der Waals surface area contributed by atoms with E-state index in [1.807, 2.05) is 6.92 Å². The highest BCUT2D eigenvalue weighted by atomic mass is 32.2. The second kappa shape index (κ2) is 8.14. The molecule has 0 atom stereocenters. The van der Waals surface area contributed by atoms with Crippen molar-refractivity contribution in [3.63, 3.8) is 0 Å². The smallest absolute Gasteiger partial charge is 0.262 e. The lowest BCUT2D eigenvalue weighted by molar-refractivity contribution is -0.116. The average Bonchev–Trinajstić information content (AvgIpc) is 2.98. The molecule has 0 aliphatic carbocycles. The van der Waals surface area contributed by atoms with Crippen LogP contribution in [0.3, 0.4) is 0 Å². The topological polar surface area (TPSA) is 104 Å². The summed E-state index contributed by atoms with van der Waals surface area (Å²) in [7, 11) is -3.37. The zero-order valence-corrected chi connectivity index (χ0v) is 17.9. The third kappa shape index (κ3) is 3.93. The highest BCUT2D eigenvalue weighted by Gasteiger charge is 2.36. The monoisotopic (exact) mass is 441 g/mol. The van der Waals surface area contributed by atoms with Crippen molar-refractivity contribution >= 4 is 39.1 Å². The first-order chi connectivity index (χ1) is 14.8. The molecule has 0 saturated heterocycles. The van der Waals surface area contributed by atoms with Gasteiger partial charge in [0.15, 0.2) is 0 Å². The standard InChI is InChI=1S/C22H23N3O5S/c1-2-12-31(29,30)25-11-5-6-15-13-16(9-10-19(15)25)23-20(26)14-24-21(27)17-7-3-4-8-18(17)22(24)28/h3-4,7-10,13H,2,5-6,11-12,14H2,1H3,(H,23,26). The summed E-state index contributed by atoms with van der Waals surface area (Å²) in [6, 6.07) is 11.6. The van der Waals surface area contributed by atoms with Gasteiger partial charge in [-0.15, -0.1) is 0 Å². The van der Waals surface area contributed by atoms with E-state index in [4.69, 9.17) is 0 Å². The normalized spacial score (nSPS) is 15.6. The van der Waals surface area contributed by atoms with Gasteiger partial charge in [0.25, 0.3) is 11.8 Å². The Kier molecular flexibility index (Phi) is 5.53. The van der Waals surface area contributed by atoms with E-state index < -0.39 is 27.7 Å². The zero-order chi connectivity index (χ0) is 22.2. The van der Waals surface area contributed by atoms with Crippen LogP contribution in [0.5, 0.6) is 0 Å². The number of benzene rings is 2. The highest BCUT2D eigenvalue weighted by molar-refractivity contribution is 7.92. The molecule has 0 spiro atoms. The van der Waals surface area contributed by atoms with E-state index in [2.05, 4.69) is 5.32 Å². The number of nitrogens with zero attached hydrogens (tertiary/aromatic N) is 2. The minimum atomic E-state index is -3.37. The maximum Gasteiger partial charge on any atom is 0.262 e. The molecule has 0 radical (unpaired) electrons. The molecule has 2 heterocycles. The van der Waals surface area contributed by atoms with Gasteiger partial charge < -0.3 is 5.32 Å². The molecule has 2 aromatic carbocycles. The molecule has 0 aromatic heterocycles. The van der Waals surface area contributed by atoms with Gasteiger partial charge in [-0.2, -0.15) is 0 Å². The van der Waals surface area contributed by atoms with Crippen LogP contribution in [-0.4, -0.2) is 49.9 Å². The molecule has 31 heavy (non-hydrogen) atoms. The van der Waals surface area contributed by atoms with Crippen LogP contribution in [0.2, 0.25) is 0 Å². The number of aryl methyl sites for hydroxylation is 1. The van der Waals surface area contributed by atoms with Crippen molar-refractivity contribution < 1.29 is 22.8 Å². The third-order valence-electron chi connectivity index (χ3n) is 5.42. The maximum absolute atomic E-state index is 12.5. The first kappa shape index (κ1) is 21.0. The van der Waals surface area contributed by atoms with E-state index in [1.165, 1.54) is 4.31 Å². The number of nitrogens with one attached hydrogen (secondary N) is 1. The van der Waals surface area contributed by atoms with Crippen molar-refractivity contribution in [1.29, 1.82) is 0 Å². The quantitative estimate of drug-likeness (QED) is 0.694. The van der Waals surface area contributed by atoms with Crippen LogP contribution in [-0.2, 0) is 21.2 Å². The van der Waals surface area contributed by atoms with Crippen molar-refractivity contribution in [3.05, 3.63) is 59.2 Å². The van der Waals surface area contributed by atoms with E-state index in [-0.39, 0.29) is 12.3 Å². The summed E-state index contributed by atoms with van der Waals surface area (Å²) in [5.41, 5.74) is 2.56. The van der Waals surface area contributed by atoms with Gasteiger partial charge in [0.05, 0.1) is 22.6 Å². The molecule has 0 fully saturated rings. The minimum Gasteiger partial charge on any atom is -0.325 e. The Morgan fingerprint density at radius 1 is 1.06 bits per heavy atom. The molecule has 2 aliphatic rings. The van der Waals surface area contributed by atoms with E-state index >= 15 is 0 Å². The Morgan fingerprint density at radius 2 is 1.74 bits per heavy atom. The third-order valence-corrected chi connectivity index (χ3v) is 7.39. The second-order valence-electron chi connectivity index (χ2n) is 7.63. The van der Waals surface area contributed by atoms with Gasteiger partial charge in [0.1, 0.15) is 6.54 Å². The highest BCUT2D eigenvalue weighted by Crippen LogP contribution is 2.32. The van der Waals surface area contributed by atoms with Crippen LogP contribution in [0.1, 0.15) is 46.0 Å². The number of hydrogen-bond acceptors (Lipinski definition) is 5. The predicted molar refractivity (Wildman–Crippen MR) is 117 cm³/mol. The van der Waals surface area contributed by atoms with Crippen molar-refractivity contribution in [2.24, 2.45) is 0 Å². The lowest BCUT2D eigenvalue weighted by Crippen LogP contribution is -2.38. The van der Waals surface area contributed by atoms with Gasteiger partial charge in [-0.3, -0.25) is 23.6 Å². The Bertz CT molecular complexity index is 1140. The molecule has 0 unspecified atom stereocenters. The van der Waals surface area contributed by atoms with E-state index in [9.17, 15) is 22.8 Å². The Balaban J connectivity index is 1.48. The number of sulfonamides is 1. The summed E-state index contributed by atoms with van der Waals surface area (Å²) >= 11 is 0. The zero-order valence-electron chi connectivity index (χ0n) is 17.1. The van der Waals surface area contributed by atoms with Crippen LogP contribution in [0.4, 0.5) is 11.4 Å². The largest absolute Gasteiger partial charge is 0.325 e. The average molecular weight is 442 g/mol. The molecule has 162 valence electrons. The number of hydrogen-bond donors (Lipinski definition) is 1. The molecule has 0 saturated carbocycles. The van der Waals surface area contributed by atoms with Crippen LogP contribution in [0.15, 0.2) is 42.5 Å². The molecule has 2 aliphatic heterocycles. The number of imide groups is 1. The Morgan fingerprint density at radius 3 is 2.39 bits per heavy atom. The van der Waals surface area contributed by atoms with Crippen molar-refractivity contribution in [3.8, 4) is 0 Å². The van der Waals surface area contributed by atoms with Crippen LogP contribution in [0.25, 0.3) is 0 Å². The minimum absolute atomic E-state index is 0.0885. The number of amides is 3. The summed E-state index contributed by atoms with van der Waals surface area (Å²) in [5, 5.41) is 2.71. The fourth-order valence-corrected chi connectivity index (χ4v) is 5.65. The number of anilines is 2. The van der Waals surface area contributed by atoms with E-state index in [1.54, 1.807) is 42.5 Å². The molecule has 4 rings (SSSR count). The van der Waals surface area contributed by atoms with Crippen LogP contribution in [0, 0.1) is 0 Å². The van der Waals surface area contributed by atoms with Gasteiger partial charge >= 0.3 is 0 Å². The first-order valence-electron chi connectivity index (χ1n) is 10.2. The van der Waals surface area contributed by atoms with E-state index in [0.717, 1.165) is 10.5 Å². The molecular formula is C22H23N3O5S. The fraction of sp³-hybridized carbons (Fsp3) is 0.318. The van der Waals surface area contributed by atoms with Gasteiger partial charge in [0, 0.05) is 12.2 Å². The summed E-state index contributed by atoms with van der Waals surface area (Å²) < 4.78 is 26.5. The number of carbonyl (C=O) groups excluding carboxylic acids is 3. The summed E-state index contributed by atoms with van der Waals surface area (Å²) in [5.74, 6) is -1.39. The second-order valence-corrected chi connectivity index (χ2v) is 9.64. The first-order valence-corrected chi connectivity index (χ1v) is 11.8. The molecule has 8 nitrogen and oxygen atoms in total.